The van der Waals surface area contributed by atoms with Crippen LogP contribution in [0.2, 0.25) is 5.02 Å². The zero-order valence-electron chi connectivity index (χ0n) is 17.0. The smallest absolute Gasteiger partial charge is 0.223 e. The fourth-order valence-electron chi connectivity index (χ4n) is 3.96. The van der Waals surface area contributed by atoms with Crippen molar-refractivity contribution in [2.75, 3.05) is 13.1 Å². The van der Waals surface area contributed by atoms with E-state index in [0.717, 1.165) is 55.9 Å². The predicted molar refractivity (Wildman–Crippen MR) is 116 cm³/mol. The topological polar surface area (TPSA) is 32.3 Å². The van der Waals surface area contributed by atoms with E-state index < -0.39 is 0 Å². The van der Waals surface area contributed by atoms with E-state index in [0.29, 0.717) is 6.54 Å². The number of hydrogen-bond acceptors (Lipinski definition) is 2. The van der Waals surface area contributed by atoms with Crippen molar-refractivity contribution in [1.29, 1.82) is 0 Å². The lowest BCUT2D eigenvalue weighted by Crippen LogP contribution is -2.40. The molecule has 4 heteroatoms. The Kier molecular flexibility index (Phi) is 7.52. The number of nitrogens with zero attached hydrogens (tertiary/aromatic N) is 1. The Labute approximate surface area is 174 Å². The molecular formula is C24H31ClN2O. The minimum absolute atomic E-state index is 0.113. The lowest BCUT2D eigenvalue weighted by atomic mass is 9.95. The van der Waals surface area contributed by atoms with Crippen molar-refractivity contribution in [3.05, 3.63) is 69.7 Å². The predicted octanol–water partition coefficient (Wildman–Crippen LogP) is 4.99. The van der Waals surface area contributed by atoms with Crippen molar-refractivity contribution in [3.63, 3.8) is 0 Å². The highest BCUT2D eigenvalue weighted by atomic mass is 35.5. The number of carbonyl (C=O) groups excluding carboxylic acids is 1. The van der Waals surface area contributed by atoms with Gasteiger partial charge in [0, 0.05) is 24.0 Å². The summed E-state index contributed by atoms with van der Waals surface area (Å²) in [5.41, 5.74) is 5.07. The summed E-state index contributed by atoms with van der Waals surface area (Å²) in [4.78, 5) is 15.1. The Hall–Kier alpha value is -1.84. The highest BCUT2D eigenvalue weighted by molar-refractivity contribution is 6.31. The zero-order valence-corrected chi connectivity index (χ0v) is 17.8. The van der Waals surface area contributed by atoms with Gasteiger partial charge in [0.25, 0.3) is 0 Å². The first-order valence-corrected chi connectivity index (χ1v) is 10.8. The van der Waals surface area contributed by atoms with Gasteiger partial charge < -0.3 is 5.32 Å². The van der Waals surface area contributed by atoms with Crippen LogP contribution in [0.3, 0.4) is 0 Å². The number of hydrogen-bond donors (Lipinski definition) is 1. The Morgan fingerprint density at radius 2 is 1.79 bits per heavy atom. The molecule has 0 bridgehead atoms. The largest absolute Gasteiger partial charge is 0.352 e. The average molecular weight is 399 g/mol. The van der Waals surface area contributed by atoms with Crippen LogP contribution in [-0.2, 0) is 30.7 Å². The number of rotatable bonds is 7. The molecule has 1 amide bonds. The summed E-state index contributed by atoms with van der Waals surface area (Å²) < 4.78 is 0. The normalized spacial score (nSPS) is 15.5. The van der Waals surface area contributed by atoms with E-state index in [9.17, 15) is 4.79 Å². The quantitative estimate of drug-likeness (QED) is 0.712. The molecule has 1 fully saturated rings. The molecule has 0 unspecified atom stereocenters. The van der Waals surface area contributed by atoms with E-state index in [2.05, 4.69) is 48.3 Å². The van der Waals surface area contributed by atoms with E-state index in [1.54, 1.807) is 0 Å². The van der Waals surface area contributed by atoms with Gasteiger partial charge in [-0.15, -0.1) is 0 Å². The van der Waals surface area contributed by atoms with E-state index in [1.807, 2.05) is 18.2 Å². The third-order valence-electron chi connectivity index (χ3n) is 5.82. The summed E-state index contributed by atoms with van der Waals surface area (Å²) in [6.07, 6.45) is 3.84. The van der Waals surface area contributed by atoms with Gasteiger partial charge >= 0.3 is 0 Å². The molecule has 3 rings (SSSR count). The third kappa shape index (κ3) is 5.36. The number of piperidine rings is 1. The fraction of sp³-hybridized carbons (Fsp3) is 0.458. The summed E-state index contributed by atoms with van der Waals surface area (Å²) in [5, 5.41) is 4.01. The maximum Gasteiger partial charge on any atom is 0.223 e. The van der Waals surface area contributed by atoms with Crippen molar-refractivity contribution in [3.8, 4) is 0 Å². The highest BCUT2D eigenvalue weighted by Gasteiger charge is 2.25. The third-order valence-corrected chi connectivity index (χ3v) is 6.19. The molecule has 0 radical (unpaired) electrons. The number of likely N-dealkylation sites (tertiary alicyclic amines) is 1. The number of carbonyl (C=O) groups is 1. The SMILES string of the molecule is CCc1ccc(CC)c(CNC(=O)C2CCN(Cc3ccccc3Cl)CC2)c1. The molecule has 0 spiro atoms. The summed E-state index contributed by atoms with van der Waals surface area (Å²) in [7, 11) is 0. The molecule has 1 heterocycles. The van der Waals surface area contributed by atoms with Crippen molar-refractivity contribution in [2.45, 2.75) is 52.6 Å². The lowest BCUT2D eigenvalue weighted by Gasteiger charge is -2.31. The first-order chi connectivity index (χ1) is 13.6. The first-order valence-electron chi connectivity index (χ1n) is 10.4. The van der Waals surface area contributed by atoms with E-state index >= 15 is 0 Å². The van der Waals surface area contributed by atoms with Crippen LogP contribution in [0, 0.1) is 5.92 Å². The number of halogens is 1. The van der Waals surface area contributed by atoms with Gasteiger partial charge in [-0.05, 0) is 67.1 Å². The van der Waals surface area contributed by atoms with Crippen molar-refractivity contribution in [1.82, 2.24) is 10.2 Å². The van der Waals surface area contributed by atoms with Gasteiger partial charge in [0.2, 0.25) is 5.91 Å². The summed E-state index contributed by atoms with van der Waals surface area (Å²) in [5.74, 6) is 0.309. The van der Waals surface area contributed by atoms with Crippen LogP contribution in [0.5, 0.6) is 0 Å². The minimum atomic E-state index is 0.113. The number of nitrogens with one attached hydrogen (secondary N) is 1. The molecule has 0 saturated carbocycles. The summed E-state index contributed by atoms with van der Waals surface area (Å²) in [6.45, 7) is 7.71. The van der Waals surface area contributed by atoms with Gasteiger partial charge in [-0.3, -0.25) is 9.69 Å². The van der Waals surface area contributed by atoms with Crippen LogP contribution in [0.15, 0.2) is 42.5 Å². The molecular weight excluding hydrogens is 368 g/mol. The van der Waals surface area contributed by atoms with Crippen molar-refractivity contribution < 1.29 is 4.79 Å². The second kappa shape index (κ2) is 10.1. The van der Waals surface area contributed by atoms with E-state index in [1.165, 1.54) is 16.7 Å². The molecule has 150 valence electrons. The lowest BCUT2D eigenvalue weighted by molar-refractivity contribution is -0.126. The summed E-state index contributed by atoms with van der Waals surface area (Å²) >= 11 is 6.28. The Balaban J connectivity index is 1.50. The fourth-order valence-corrected chi connectivity index (χ4v) is 4.15. The molecule has 2 aromatic carbocycles. The molecule has 1 saturated heterocycles. The highest BCUT2D eigenvalue weighted by Crippen LogP contribution is 2.23. The van der Waals surface area contributed by atoms with Gasteiger partial charge in [0.15, 0.2) is 0 Å². The number of aryl methyl sites for hydroxylation is 2. The molecule has 1 aliphatic heterocycles. The summed E-state index contributed by atoms with van der Waals surface area (Å²) in [6, 6.07) is 14.6. The van der Waals surface area contributed by atoms with Gasteiger partial charge in [-0.2, -0.15) is 0 Å². The molecule has 2 aromatic rings. The van der Waals surface area contributed by atoms with Crippen LogP contribution < -0.4 is 5.32 Å². The zero-order chi connectivity index (χ0) is 19.9. The maximum absolute atomic E-state index is 12.7. The first kappa shape index (κ1) is 20.9. The van der Waals surface area contributed by atoms with E-state index in [-0.39, 0.29) is 11.8 Å². The molecule has 0 atom stereocenters. The van der Waals surface area contributed by atoms with Crippen LogP contribution in [0.25, 0.3) is 0 Å². The van der Waals surface area contributed by atoms with Gasteiger partial charge in [0.1, 0.15) is 0 Å². The van der Waals surface area contributed by atoms with Gasteiger partial charge in [0.05, 0.1) is 0 Å². The molecule has 0 aromatic heterocycles. The standard InChI is InChI=1S/C24H31ClN2O/c1-3-18-9-10-19(4-2)22(15-18)16-26-24(28)20-11-13-27(14-12-20)17-21-7-5-6-8-23(21)25/h5-10,15,20H,3-4,11-14,16-17H2,1-2H3,(H,26,28). The van der Waals surface area contributed by atoms with E-state index in [4.69, 9.17) is 11.6 Å². The minimum Gasteiger partial charge on any atom is -0.352 e. The van der Waals surface area contributed by atoms with Crippen LogP contribution >= 0.6 is 11.6 Å². The number of benzene rings is 2. The van der Waals surface area contributed by atoms with Crippen molar-refractivity contribution >= 4 is 17.5 Å². The molecule has 1 aliphatic rings. The maximum atomic E-state index is 12.7. The monoisotopic (exact) mass is 398 g/mol. The van der Waals surface area contributed by atoms with Crippen LogP contribution in [0.4, 0.5) is 0 Å². The Bertz CT molecular complexity index is 797. The van der Waals surface area contributed by atoms with Gasteiger partial charge in [-0.1, -0.05) is 61.8 Å². The molecule has 3 nitrogen and oxygen atoms in total. The second-order valence-electron chi connectivity index (χ2n) is 7.67. The second-order valence-corrected chi connectivity index (χ2v) is 8.08. The Morgan fingerprint density at radius 3 is 2.46 bits per heavy atom. The molecule has 0 aliphatic carbocycles. The van der Waals surface area contributed by atoms with Crippen LogP contribution in [0.1, 0.15) is 48.9 Å². The van der Waals surface area contributed by atoms with Gasteiger partial charge in [-0.25, -0.2) is 0 Å². The number of amides is 1. The Morgan fingerprint density at radius 1 is 1.04 bits per heavy atom. The van der Waals surface area contributed by atoms with Crippen LogP contribution in [-0.4, -0.2) is 23.9 Å². The van der Waals surface area contributed by atoms with Crippen molar-refractivity contribution in [2.24, 2.45) is 5.92 Å². The molecule has 28 heavy (non-hydrogen) atoms. The average Bonchev–Trinajstić information content (AvgIpc) is 2.74. The molecule has 1 N–H and O–H groups in total.